The van der Waals surface area contributed by atoms with Crippen LogP contribution in [0, 0.1) is 5.41 Å². The van der Waals surface area contributed by atoms with Crippen molar-refractivity contribution in [3.8, 4) is 0 Å². The molecular weight excluding hydrogens is 328 g/mol. The zero-order chi connectivity index (χ0) is 18.4. The smallest absolute Gasteiger partial charge is 0.254 e. The van der Waals surface area contributed by atoms with Gasteiger partial charge in [0.2, 0.25) is 5.91 Å². The molecule has 1 aliphatic heterocycles. The van der Waals surface area contributed by atoms with Gasteiger partial charge < -0.3 is 15.0 Å². The van der Waals surface area contributed by atoms with E-state index in [1.807, 2.05) is 29.2 Å². The van der Waals surface area contributed by atoms with Crippen molar-refractivity contribution in [3.63, 3.8) is 0 Å². The summed E-state index contributed by atoms with van der Waals surface area (Å²) in [4.78, 5) is 27.2. The molecule has 5 nitrogen and oxygen atoms in total. The number of nitrogens with one attached hydrogen (secondary N) is 1. The fourth-order valence-corrected chi connectivity index (χ4v) is 4.39. The van der Waals surface area contributed by atoms with Crippen molar-refractivity contribution in [1.29, 1.82) is 0 Å². The molecule has 0 bridgehead atoms. The third kappa shape index (κ3) is 4.44. The molecule has 2 aliphatic rings. The number of hydrogen-bond acceptors (Lipinski definition) is 3. The molecule has 1 heterocycles. The number of carbonyl (C=O) groups excluding carboxylic acids is 2. The topological polar surface area (TPSA) is 58.6 Å². The summed E-state index contributed by atoms with van der Waals surface area (Å²) in [6, 6.07) is 7.85. The first-order chi connectivity index (χ1) is 12.6. The minimum absolute atomic E-state index is 0.0821. The lowest BCUT2D eigenvalue weighted by molar-refractivity contribution is -0.124. The lowest BCUT2D eigenvalue weighted by Crippen LogP contribution is -2.43. The van der Waals surface area contributed by atoms with Crippen LogP contribution in [0.15, 0.2) is 24.3 Å². The summed E-state index contributed by atoms with van der Waals surface area (Å²) >= 11 is 0. The SMILES string of the molecule is COCCCNC(=O)CC1(CN2Cc3ccccc3C2=O)CCCCC1. The lowest BCUT2D eigenvalue weighted by atomic mass is 9.71. The van der Waals surface area contributed by atoms with Crippen LogP contribution >= 0.6 is 0 Å². The van der Waals surface area contributed by atoms with E-state index in [0.29, 0.717) is 32.7 Å². The van der Waals surface area contributed by atoms with Crippen LogP contribution < -0.4 is 5.32 Å². The van der Waals surface area contributed by atoms with Crippen molar-refractivity contribution < 1.29 is 14.3 Å². The van der Waals surface area contributed by atoms with Crippen LogP contribution in [0.3, 0.4) is 0 Å². The Labute approximate surface area is 156 Å². The van der Waals surface area contributed by atoms with Crippen molar-refractivity contribution in [1.82, 2.24) is 10.2 Å². The molecule has 26 heavy (non-hydrogen) atoms. The molecule has 1 fully saturated rings. The Hall–Kier alpha value is -1.88. The number of rotatable bonds is 8. The van der Waals surface area contributed by atoms with Gasteiger partial charge in [-0.15, -0.1) is 0 Å². The standard InChI is InChI=1S/C21H30N2O3/c1-26-13-7-12-22-19(24)14-21(10-5-2-6-11-21)16-23-15-17-8-3-4-9-18(17)20(23)25/h3-4,8-9H,2,5-7,10-16H2,1H3,(H,22,24). The lowest BCUT2D eigenvalue weighted by Gasteiger charge is -2.39. The van der Waals surface area contributed by atoms with Crippen LogP contribution in [0.25, 0.3) is 0 Å². The zero-order valence-corrected chi connectivity index (χ0v) is 15.8. The van der Waals surface area contributed by atoms with Crippen LogP contribution in [0.5, 0.6) is 0 Å². The second-order valence-corrected chi connectivity index (χ2v) is 7.75. The normalized spacial score (nSPS) is 18.7. The average Bonchev–Trinajstić information content (AvgIpc) is 2.95. The molecule has 0 radical (unpaired) electrons. The highest BCUT2D eigenvalue weighted by Crippen LogP contribution is 2.41. The largest absolute Gasteiger partial charge is 0.385 e. The van der Waals surface area contributed by atoms with Crippen molar-refractivity contribution in [2.45, 2.75) is 51.5 Å². The molecule has 1 aromatic rings. The van der Waals surface area contributed by atoms with Crippen LogP contribution in [0.1, 0.15) is 60.9 Å². The predicted octanol–water partition coefficient (Wildman–Crippen LogP) is 3.14. The zero-order valence-electron chi connectivity index (χ0n) is 15.8. The van der Waals surface area contributed by atoms with E-state index in [0.717, 1.165) is 43.2 Å². The van der Waals surface area contributed by atoms with Crippen LogP contribution in [0.2, 0.25) is 0 Å². The Morgan fingerprint density at radius 3 is 2.73 bits per heavy atom. The first kappa shape index (κ1) is 18.9. The van der Waals surface area contributed by atoms with Gasteiger partial charge >= 0.3 is 0 Å². The second kappa shape index (κ2) is 8.67. The highest BCUT2D eigenvalue weighted by atomic mass is 16.5. The van der Waals surface area contributed by atoms with Gasteiger partial charge in [-0.2, -0.15) is 0 Å². The van der Waals surface area contributed by atoms with E-state index < -0.39 is 0 Å². The van der Waals surface area contributed by atoms with Gasteiger partial charge in [0.15, 0.2) is 0 Å². The molecule has 2 amide bonds. The first-order valence-corrected chi connectivity index (χ1v) is 9.76. The Kier molecular flexibility index (Phi) is 6.30. The minimum Gasteiger partial charge on any atom is -0.385 e. The summed E-state index contributed by atoms with van der Waals surface area (Å²) in [7, 11) is 1.67. The summed E-state index contributed by atoms with van der Waals surface area (Å²) in [5.41, 5.74) is 1.84. The van der Waals surface area contributed by atoms with Crippen molar-refractivity contribution >= 4 is 11.8 Å². The highest BCUT2D eigenvalue weighted by molar-refractivity contribution is 5.98. The van der Waals surface area contributed by atoms with E-state index in [2.05, 4.69) is 5.32 Å². The minimum atomic E-state index is -0.0821. The average molecular weight is 358 g/mol. The second-order valence-electron chi connectivity index (χ2n) is 7.75. The summed E-state index contributed by atoms with van der Waals surface area (Å²) in [6.07, 6.45) is 6.91. The maximum Gasteiger partial charge on any atom is 0.254 e. The number of ether oxygens (including phenoxy) is 1. The van der Waals surface area contributed by atoms with Gasteiger partial charge in [-0.3, -0.25) is 9.59 Å². The number of hydrogen-bond donors (Lipinski definition) is 1. The van der Waals surface area contributed by atoms with Gasteiger partial charge in [-0.25, -0.2) is 0 Å². The Morgan fingerprint density at radius 2 is 2.00 bits per heavy atom. The van der Waals surface area contributed by atoms with Crippen LogP contribution in [0.4, 0.5) is 0 Å². The fourth-order valence-electron chi connectivity index (χ4n) is 4.39. The molecule has 142 valence electrons. The van der Waals surface area contributed by atoms with E-state index in [1.54, 1.807) is 7.11 Å². The van der Waals surface area contributed by atoms with Crippen LogP contribution in [-0.4, -0.2) is 43.5 Å². The van der Waals surface area contributed by atoms with Gasteiger partial charge in [-0.05, 0) is 36.3 Å². The summed E-state index contributed by atoms with van der Waals surface area (Å²) in [6.45, 7) is 2.67. The Morgan fingerprint density at radius 1 is 1.23 bits per heavy atom. The number of amides is 2. The number of methoxy groups -OCH3 is 1. The van der Waals surface area contributed by atoms with Crippen molar-refractivity contribution in [2.75, 3.05) is 26.8 Å². The van der Waals surface area contributed by atoms with Crippen molar-refractivity contribution in [3.05, 3.63) is 35.4 Å². The number of carbonyl (C=O) groups is 2. The maximum absolute atomic E-state index is 12.8. The maximum atomic E-state index is 12.8. The van der Waals surface area contributed by atoms with E-state index in [-0.39, 0.29) is 17.2 Å². The summed E-state index contributed by atoms with van der Waals surface area (Å²) < 4.78 is 5.03. The molecule has 1 aliphatic carbocycles. The van der Waals surface area contributed by atoms with Gasteiger partial charge in [0.25, 0.3) is 5.91 Å². The monoisotopic (exact) mass is 358 g/mol. The number of benzene rings is 1. The molecule has 1 saturated carbocycles. The number of nitrogens with zero attached hydrogens (tertiary/aromatic N) is 1. The highest BCUT2D eigenvalue weighted by Gasteiger charge is 2.39. The fraction of sp³-hybridized carbons (Fsp3) is 0.619. The molecule has 3 rings (SSSR count). The van der Waals surface area contributed by atoms with Gasteiger partial charge in [0, 0.05) is 45.3 Å². The molecule has 5 heteroatoms. The quantitative estimate of drug-likeness (QED) is 0.726. The van der Waals surface area contributed by atoms with E-state index in [9.17, 15) is 9.59 Å². The van der Waals surface area contributed by atoms with Crippen molar-refractivity contribution in [2.24, 2.45) is 5.41 Å². The summed E-state index contributed by atoms with van der Waals surface area (Å²) in [5, 5.41) is 3.02. The molecule has 1 aromatic carbocycles. The molecule has 0 aromatic heterocycles. The molecule has 0 saturated heterocycles. The molecule has 0 atom stereocenters. The van der Waals surface area contributed by atoms with Gasteiger partial charge in [0.1, 0.15) is 0 Å². The summed E-state index contributed by atoms with van der Waals surface area (Å²) in [5.74, 6) is 0.221. The molecule has 0 unspecified atom stereocenters. The predicted molar refractivity (Wildman–Crippen MR) is 101 cm³/mol. The van der Waals surface area contributed by atoms with E-state index in [4.69, 9.17) is 4.74 Å². The Balaban J connectivity index is 1.63. The molecule has 1 N–H and O–H groups in total. The van der Waals surface area contributed by atoms with Crippen LogP contribution in [-0.2, 0) is 16.1 Å². The van der Waals surface area contributed by atoms with Gasteiger partial charge in [-0.1, -0.05) is 37.5 Å². The molecule has 0 spiro atoms. The third-order valence-corrected chi connectivity index (χ3v) is 5.72. The van der Waals surface area contributed by atoms with E-state index >= 15 is 0 Å². The molecular formula is C21H30N2O3. The third-order valence-electron chi connectivity index (χ3n) is 5.72. The number of fused-ring (bicyclic) bond motifs is 1. The van der Waals surface area contributed by atoms with Gasteiger partial charge in [0.05, 0.1) is 0 Å². The Bertz CT molecular complexity index is 638. The first-order valence-electron chi connectivity index (χ1n) is 9.76. The van der Waals surface area contributed by atoms with E-state index in [1.165, 1.54) is 6.42 Å².